The molecule has 0 spiro atoms. The van der Waals surface area contributed by atoms with Crippen LogP contribution >= 0.6 is 11.8 Å². The van der Waals surface area contributed by atoms with E-state index in [4.69, 9.17) is 0 Å². The Hall–Kier alpha value is -4.58. The molecular formula is C37H25NO2S2. The van der Waals surface area contributed by atoms with Crippen molar-refractivity contribution in [2.24, 2.45) is 0 Å². The van der Waals surface area contributed by atoms with Gasteiger partial charge in [-0.15, -0.1) is 0 Å². The molecule has 6 aromatic rings. The van der Waals surface area contributed by atoms with Gasteiger partial charge in [-0.25, -0.2) is 8.42 Å². The predicted molar refractivity (Wildman–Crippen MR) is 169 cm³/mol. The Kier molecular flexibility index (Phi) is 5.68. The van der Waals surface area contributed by atoms with E-state index in [1.165, 1.54) is 34.0 Å². The number of hydrogen-bond acceptors (Lipinski definition) is 4. The van der Waals surface area contributed by atoms with E-state index >= 15 is 0 Å². The first-order valence-electron chi connectivity index (χ1n) is 13.9. The molecule has 0 radical (unpaired) electrons. The molecule has 2 heterocycles. The smallest absolute Gasteiger partial charge is 0.208 e. The van der Waals surface area contributed by atoms with Crippen molar-refractivity contribution in [3.8, 4) is 0 Å². The average molecular weight is 580 g/mol. The maximum Gasteiger partial charge on any atom is 0.208 e. The van der Waals surface area contributed by atoms with Crippen LogP contribution in [0.2, 0.25) is 0 Å². The standard InChI is InChI=1S/C37H25NO2S2/c39-42(40)35-22-12-11-21-33(35)41-34-25-28(23-24-36(34)42)38-31-19-9-7-17-29(31)37(26-13-3-1-4-14-26,27-15-5-2-6-16-27)30-18-8-10-20-32(30)38/h1-25H. The molecule has 0 fully saturated rings. The van der Waals surface area contributed by atoms with Crippen LogP contribution in [-0.4, -0.2) is 8.42 Å². The highest BCUT2D eigenvalue weighted by molar-refractivity contribution is 8.02. The topological polar surface area (TPSA) is 37.4 Å². The minimum atomic E-state index is -3.60. The van der Waals surface area contributed by atoms with Crippen LogP contribution in [-0.2, 0) is 15.3 Å². The zero-order valence-electron chi connectivity index (χ0n) is 22.5. The largest absolute Gasteiger partial charge is 0.310 e. The summed E-state index contributed by atoms with van der Waals surface area (Å²) in [6.45, 7) is 0. The molecule has 0 aliphatic carbocycles. The fraction of sp³-hybridized carbons (Fsp3) is 0.0270. The summed E-state index contributed by atoms with van der Waals surface area (Å²) in [4.78, 5) is 4.51. The molecule has 0 atom stereocenters. The lowest BCUT2D eigenvalue weighted by atomic mass is 9.62. The molecule has 0 bridgehead atoms. The maximum absolute atomic E-state index is 13.6. The molecule has 42 heavy (non-hydrogen) atoms. The van der Waals surface area contributed by atoms with Gasteiger partial charge in [0.2, 0.25) is 9.84 Å². The molecule has 2 aliphatic rings. The highest BCUT2D eigenvalue weighted by Crippen LogP contribution is 2.58. The third kappa shape index (κ3) is 3.50. The lowest BCUT2D eigenvalue weighted by Crippen LogP contribution is -2.37. The van der Waals surface area contributed by atoms with Crippen LogP contribution in [0.15, 0.2) is 171 Å². The molecule has 0 saturated carbocycles. The van der Waals surface area contributed by atoms with Gasteiger partial charge in [0.15, 0.2) is 0 Å². The summed E-state index contributed by atoms with van der Waals surface area (Å²) in [5.74, 6) is 0. The third-order valence-corrected chi connectivity index (χ3v) is 11.6. The van der Waals surface area contributed by atoms with Gasteiger partial charge in [0.05, 0.1) is 26.6 Å². The Balaban J connectivity index is 1.40. The molecule has 0 N–H and O–H groups in total. The summed E-state index contributed by atoms with van der Waals surface area (Å²) in [5, 5.41) is 0. The van der Waals surface area contributed by atoms with Crippen LogP contribution in [0.4, 0.5) is 17.1 Å². The van der Waals surface area contributed by atoms with E-state index in [2.05, 4.69) is 114 Å². The van der Waals surface area contributed by atoms with Gasteiger partial charge in [0.1, 0.15) is 0 Å². The van der Waals surface area contributed by atoms with Crippen molar-refractivity contribution in [2.45, 2.75) is 25.0 Å². The highest BCUT2D eigenvalue weighted by atomic mass is 32.2. The van der Waals surface area contributed by atoms with Gasteiger partial charge < -0.3 is 4.90 Å². The zero-order valence-corrected chi connectivity index (χ0v) is 24.1. The van der Waals surface area contributed by atoms with E-state index in [1.807, 2.05) is 24.3 Å². The van der Waals surface area contributed by atoms with Gasteiger partial charge in [-0.2, -0.15) is 0 Å². The second-order valence-corrected chi connectivity index (χ2v) is 13.5. The SMILES string of the molecule is O=S1(=O)c2ccccc2Sc2cc(N3c4ccccc4C(c4ccccc4)(c4ccccc4)c4ccccc43)ccc21. The fourth-order valence-corrected chi connectivity index (χ4v) is 9.83. The van der Waals surface area contributed by atoms with Gasteiger partial charge in [-0.3, -0.25) is 0 Å². The van der Waals surface area contributed by atoms with Crippen LogP contribution in [0.1, 0.15) is 22.3 Å². The van der Waals surface area contributed by atoms with Crippen LogP contribution in [0.25, 0.3) is 0 Å². The van der Waals surface area contributed by atoms with Crippen molar-refractivity contribution in [3.63, 3.8) is 0 Å². The molecule has 0 saturated heterocycles. The first kappa shape index (κ1) is 25.2. The van der Waals surface area contributed by atoms with Crippen molar-refractivity contribution in [1.29, 1.82) is 0 Å². The van der Waals surface area contributed by atoms with E-state index in [1.54, 1.807) is 18.2 Å². The first-order chi connectivity index (χ1) is 20.6. The zero-order chi connectivity index (χ0) is 28.3. The second-order valence-electron chi connectivity index (χ2n) is 10.5. The normalized spacial score (nSPS) is 15.6. The van der Waals surface area contributed by atoms with E-state index in [0.717, 1.165) is 26.9 Å². The predicted octanol–water partition coefficient (Wildman–Crippen LogP) is 9.15. The Bertz CT molecular complexity index is 2000. The molecule has 6 aromatic carbocycles. The summed E-state index contributed by atoms with van der Waals surface area (Å²) in [6, 6.07) is 51.6. The van der Waals surface area contributed by atoms with Crippen LogP contribution < -0.4 is 4.90 Å². The summed E-state index contributed by atoms with van der Waals surface area (Å²) < 4.78 is 27.1. The summed E-state index contributed by atoms with van der Waals surface area (Å²) in [6.07, 6.45) is 0. The van der Waals surface area contributed by atoms with Crippen LogP contribution in [0.5, 0.6) is 0 Å². The minimum Gasteiger partial charge on any atom is -0.310 e. The number of anilines is 3. The Morgan fingerprint density at radius 2 is 1.00 bits per heavy atom. The lowest BCUT2D eigenvalue weighted by Gasteiger charge is -2.46. The monoisotopic (exact) mass is 579 g/mol. The number of benzene rings is 6. The molecule has 2 aliphatic heterocycles. The van der Waals surface area contributed by atoms with E-state index < -0.39 is 15.3 Å². The minimum absolute atomic E-state index is 0.358. The number of sulfone groups is 1. The van der Waals surface area contributed by atoms with Gasteiger partial charge in [0.25, 0.3) is 0 Å². The van der Waals surface area contributed by atoms with Gasteiger partial charge >= 0.3 is 0 Å². The number of nitrogens with zero attached hydrogens (tertiary/aromatic N) is 1. The van der Waals surface area contributed by atoms with E-state index in [9.17, 15) is 8.42 Å². The number of para-hydroxylation sites is 2. The van der Waals surface area contributed by atoms with Crippen molar-refractivity contribution < 1.29 is 8.42 Å². The Morgan fingerprint density at radius 3 is 1.62 bits per heavy atom. The molecular weight excluding hydrogens is 555 g/mol. The third-order valence-electron chi connectivity index (χ3n) is 8.35. The van der Waals surface area contributed by atoms with Crippen molar-refractivity contribution in [2.75, 3.05) is 4.90 Å². The maximum atomic E-state index is 13.6. The number of hydrogen-bond donors (Lipinski definition) is 0. The van der Waals surface area contributed by atoms with E-state index in [-0.39, 0.29) is 0 Å². The first-order valence-corrected chi connectivity index (χ1v) is 16.2. The molecule has 8 rings (SSSR count). The Labute approximate surface area is 250 Å². The van der Waals surface area contributed by atoms with Crippen molar-refractivity contribution in [3.05, 3.63) is 174 Å². The fourth-order valence-electron chi connectivity index (χ4n) is 6.62. The van der Waals surface area contributed by atoms with Crippen molar-refractivity contribution in [1.82, 2.24) is 0 Å². The van der Waals surface area contributed by atoms with Gasteiger partial charge in [-0.1, -0.05) is 121 Å². The molecule has 0 unspecified atom stereocenters. The van der Waals surface area contributed by atoms with E-state index in [0.29, 0.717) is 9.79 Å². The molecule has 202 valence electrons. The average Bonchev–Trinajstić information content (AvgIpc) is 3.04. The Morgan fingerprint density at radius 1 is 0.500 bits per heavy atom. The molecule has 5 heteroatoms. The van der Waals surface area contributed by atoms with Gasteiger partial charge in [-0.05, 0) is 64.7 Å². The van der Waals surface area contributed by atoms with Crippen LogP contribution in [0, 0.1) is 0 Å². The summed E-state index contributed by atoms with van der Waals surface area (Å²) in [7, 11) is -3.60. The van der Waals surface area contributed by atoms with Crippen molar-refractivity contribution >= 4 is 38.7 Å². The van der Waals surface area contributed by atoms with Gasteiger partial charge in [0, 0.05) is 15.5 Å². The number of fused-ring (bicyclic) bond motifs is 4. The van der Waals surface area contributed by atoms with Crippen LogP contribution in [0.3, 0.4) is 0 Å². The second kappa shape index (κ2) is 9.48. The lowest BCUT2D eigenvalue weighted by molar-refractivity contribution is 0.591. The summed E-state index contributed by atoms with van der Waals surface area (Å²) >= 11 is 1.51. The number of rotatable bonds is 3. The summed E-state index contributed by atoms with van der Waals surface area (Å²) in [5.41, 5.74) is 7.23. The molecule has 0 amide bonds. The molecule has 0 aromatic heterocycles. The highest BCUT2D eigenvalue weighted by Gasteiger charge is 2.46. The molecule has 3 nitrogen and oxygen atoms in total. The quantitative estimate of drug-likeness (QED) is 0.209.